The van der Waals surface area contributed by atoms with Gasteiger partial charge in [0.25, 0.3) is 0 Å². The molecular formula is C9H20ClNS. The molecule has 0 aromatic heterocycles. The third kappa shape index (κ3) is 5.28. The lowest BCUT2D eigenvalue weighted by Gasteiger charge is -2.21. The summed E-state index contributed by atoms with van der Waals surface area (Å²) in [5.41, 5.74) is 0. The maximum Gasteiger partial charge on any atom is -0.00463 e. The Kier molecular flexibility index (Phi) is 8.62. The van der Waals surface area contributed by atoms with Crippen LogP contribution in [0.4, 0.5) is 0 Å². The molecular weight excluding hydrogens is 190 g/mol. The molecule has 0 aromatic rings. The van der Waals surface area contributed by atoms with Gasteiger partial charge in [-0.15, -0.1) is 12.4 Å². The van der Waals surface area contributed by atoms with Crippen molar-refractivity contribution < 1.29 is 0 Å². The lowest BCUT2D eigenvalue weighted by atomic mass is 9.96. The molecule has 0 aromatic carbocycles. The number of piperidine rings is 1. The van der Waals surface area contributed by atoms with E-state index in [0.29, 0.717) is 0 Å². The van der Waals surface area contributed by atoms with Gasteiger partial charge in [0, 0.05) is 0 Å². The first kappa shape index (κ1) is 12.6. The first-order valence-corrected chi connectivity index (χ1v) is 5.87. The molecule has 3 heteroatoms. The smallest absolute Gasteiger partial charge is 0.00463 e. The molecule has 0 atom stereocenters. The van der Waals surface area contributed by atoms with E-state index in [1.54, 1.807) is 0 Å². The summed E-state index contributed by atoms with van der Waals surface area (Å²) in [6.07, 6.45) is 4.26. The van der Waals surface area contributed by atoms with Crippen molar-refractivity contribution in [2.24, 2.45) is 5.92 Å². The Morgan fingerprint density at radius 1 is 1.33 bits per heavy atom. The van der Waals surface area contributed by atoms with Crippen LogP contribution in [-0.4, -0.2) is 24.6 Å². The monoisotopic (exact) mass is 209 g/mol. The van der Waals surface area contributed by atoms with Crippen molar-refractivity contribution in [1.82, 2.24) is 5.32 Å². The minimum absolute atomic E-state index is 0. The Morgan fingerprint density at radius 2 is 2.00 bits per heavy atom. The van der Waals surface area contributed by atoms with Crippen LogP contribution >= 0.6 is 24.2 Å². The van der Waals surface area contributed by atoms with Crippen molar-refractivity contribution in [2.75, 3.05) is 24.6 Å². The number of thioether (sulfide) groups is 1. The highest BCUT2D eigenvalue weighted by atomic mass is 35.5. The first-order chi connectivity index (χ1) is 5.43. The number of nitrogens with one attached hydrogen (secondary N) is 1. The second-order valence-electron chi connectivity index (χ2n) is 3.18. The number of rotatable bonds is 4. The molecule has 0 saturated carbocycles. The molecule has 74 valence electrons. The van der Waals surface area contributed by atoms with Gasteiger partial charge in [0.1, 0.15) is 0 Å². The second kappa shape index (κ2) is 8.21. The van der Waals surface area contributed by atoms with E-state index < -0.39 is 0 Å². The maximum absolute atomic E-state index is 3.40. The van der Waals surface area contributed by atoms with Crippen molar-refractivity contribution in [2.45, 2.75) is 26.2 Å². The summed E-state index contributed by atoms with van der Waals surface area (Å²) in [6.45, 7) is 4.75. The zero-order valence-electron chi connectivity index (χ0n) is 7.84. The summed E-state index contributed by atoms with van der Waals surface area (Å²) in [7, 11) is 0. The summed E-state index contributed by atoms with van der Waals surface area (Å²) in [4.78, 5) is 0. The minimum atomic E-state index is 0. The van der Waals surface area contributed by atoms with Gasteiger partial charge in [0.15, 0.2) is 0 Å². The van der Waals surface area contributed by atoms with Crippen LogP contribution in [0.3, 0.4) is 0 Å². The molecule has 0 spiro atoms. The fraction of sp³-hybridized carbons (Fsp3) is 1.00. The highest BCUT2D eigenvalue weighted by molar-refractivity contribution is 7.99. The van der Waals surface area contributed by atoms with E-state index in [-0.39, 0.29) is 12.4 Å². The normalized spacial score (nSPS) is 18.8. The van der Waals surface area contributed by atoms with Crippen LogP contribution in [0.5, 0.6) is 0 Å². The molecule has 1 aliphatic heterocycles. The van der Waals surface area contributed by atoms with Gasteiger partial charge in [-0.3, -0.25) is 0 Å². The maximum atomic E-state index is 3.40. The number of hydrogen-bond donors (Lipinski definition) is 1. The van der Waals surface area contributed by atoms with Crippen LogP contribution in [0, 0.1) is 5.92 Å². The molecule has 1 N–H and O–H groups in total. The Labute approximate surface area is 86.5 Å². The highest BCUT2D eigenvalue weighted by Crippen LogP contribution is 2.18. The molecule has 0 radical (unpaired) electrons. The second-order valence-corrected chi connectivity index (χ2v) is 4.57. The molecule has 0 aliphatic carbocycles. The van der Waals surface area contributed by atoms with Crippen LogP contribution < -0.4 is 5.32 Å². The van der Waals surface area contributed by atoms with E-state index in [1.165, 1.54) is 43.9 Å². The largest absolute Gasteiger partial charge is 0.317 e. The van der Waals surface area contributed by atoms with Gasteiger partial charge in [0.05, 0.1) is 0 Å². The van der Waals surface area contributed by atoms with E-state index in [4.69, 9.17) is 0 Å². The molecule has 1 nitrogen and oxygen atoms in total. The SMILES string of the molecule is CCSCCC1CCNCC1.Cl. The van der Waals surface area contributed by atoms with Crippen LogP contribution in [0.1, 0.15) is 26.2 Å². The summed E-state index contributed by atoms with van der Waals surface area (Å²) < 4.78 is 0. The van der Waals surface area contributed by atoms with Crippen molar-refractivity contribution in [3.8, 4) is 0 Å². The van der Waals surface area contributed by atoms with Gasteiger partial charge in [-0.05, 0) is 49.8 Å². The summed E-state index contributed by atoms with van der Waals surface area (Å²) >= 11 is 2.08. The zero-order chi connectivity index (χ0) is 7.94. The summed E-state index contributed by atoms with van der Waals surface area (Å²) in [5.74, 6) is 3.68. The van der Waals surface area contributed by atoms with Crippen LogP contribution in [0.25, 0.3) is 0 Å². The predicted molar refractivity (Wildman–Crippen MR) is 60.5 cm³/mol. The van der Waals surface area contributed by atoms with Gasteiger partial charge >= 0.3 is 0 Å². The van der Waals surface area contributed by atoms with Crippen molar-refractivity contribution in [3.63, 3.8) is 0 Å². The topological polar surface area (TPSA) is 12.0 Å². The lowest BCUT2D eigenvalue weighted by Crippen LogP contribution is -2.27. The molecule has 0 unspecified atom stereocenters. The Balaban J connectivity index is 0.00000121. The van der Waals surface area contributed by atoms with Crippen LogP contribution in [0.15, 0.2) is 0 Å². The van der Waals surface area contributed by atoms with E-state index in [1.807, 2.05) is 0 Å². The van der Waals surface area contributed by atoms with E-state index >= 15 is 0 Å². The molecule has 12 heavy (non-hydrogen) atoms. The van der Waals surface area contributed by atoms with Crippen molar-refractivity contribution in [1.29, 1.82) is 0 Å². The minimum Gasteiger partial charge on any atom is -0.317 e. The van der Waals surface area contributed by atoms with Crippen molar-refractivity contribution >= 4 is 24.2 Å². The average molecular weight is 210 g/mol. The molecule has 1 rings (SSSR count). The molecule has 0 bridgehead atoms. The van der Waals surface area contributed by atoms with Gasteiger partial charge in [-0.1, -0.05) is 6.92 Å². The standard InChI is InChI=1S/C9H19NS.ClH/c1-2-11-8-5-9-3-6-10-7-4-9;/h9-10H,2-8H2,1H3;1H. The molecule has 1 saturated heterocycles. The number of hydrogen-bond acceptors (Lipinski definition) is 2. The fourth-order valence-electron chi connectivity index (χ4n) is 1.56. The summed E-state index contributed by atoms with van der Waals surface area (Å²) in [5, 5.41) is 3.40. The van der Waals surface area contributed by atoms with E-state index in [9.17, 15) is 0 Å². The van der Waals surface area contributed by atoms with E-state index in [2.05, 4.69) is 24.0 Å². The Bertz CT molecular complexity index is 94.5. The molecule has 1 fully saturated rings. The number of halogens is 1. The van der Waals surface area contributed by atoms with E-state index in [0.717, 1.165) is 5.92 Å². The third-order valence-electron chi connectivity index (χ3n) is 2.33. The van der Waals surface area contributed by atoms with Crippen molar-refractivity contribution in [3.05, 3.63) is 0 Å². The van der Waals surface area contributed by atoms with Gasteiger partial charge in [-0.25, -0.2) is 0 Å². The van der Waals surface area contributed by atoms with Gasteiger partial charge in [-0.2, -0.15) is 11.8 Å². The third-order valence-corrected chi connectivity index (χ3v) is 3.27. The predicted octanol–water partition coefficient (Wildman–Crippen LogP) is 2.55. The molecule has 0 amide bonds. The Hall–Kier alpha value is 0.600. The molecule has 1 heterocycles. The lowest BCUT2D eigenvalue weighted by molar-refractivity contribution is 0.367. The quantitative estimate of drug-likeness (QED) is 0.715. The average Bonchev–Trinajstić information content (AvgIpc) is 2.07. The fourth-order valence-corrected chi connectivity index (χ4v) is 2.35. The summed E-state index contributed by atoms with van der Waals surface area (Å²) in [6, 6.07) is 0. The van der Waals surface area contributed by atoms with Crippen LogP contribution in [0.2, 0.25) is 0 Å². The Morgan fingerprint density at radius 3 is 2.58 bits per heavy atom. The molecule has 1 aliphatic rings. The first-order valence-electron chi connectivity index (χ1n) is 4.72. The highest BCUT2D eigenvalue weighted by Gasteiger charge is 2.11. The van der Waals surface area contributed by atoms with Gasteiger partial charge in [0.2, 0.25) is 0 Å². The van der Waals surface area contributed by atoms with Crippen LogP contribution in [-0.2, 0) is 0 Å². The van der Waals surface area contributed by atoms with Gasteiger partial charge < -0.3 is 5.32 Å². The zero-order valence-corrected chi connectivity index (χ0v) is 9.48.